The summed E-state index contributed by atoms with van der Waals surface area (Å²) in [7, 11) is 0. The molecule has 0 bridgehead atoms. The summed E-state index contributed by atoms with van der Waals surface area (Å²) in [5.41, 5.74) is 1.16. The van der Waals surface area contributed by atoms with Crippen LogP contribution in [0.4, 0.5) is 0 Å². The highest BCUT2D eigenvalue weighted by Gasteiger charge is 2.39. The van der Waals surface area contributed by atoms with Crippen LogP contribution in [0.1, 0.15) is 31.7 Å². The monoisotopic (exact) mass is 306 g/mol. The predicted octanol–water partition coefficient (Wildman–Crippen LogP) is 4.55. The number of halogens is 1. The van der Waals surface area contributed by atoms with E-state index in [2.05, 4.69) is 35.5 Å². The zero-order chi connectivity index (χ0) is 13.2. The molecule has 0 amide bonds. The Labute approximate surface area is 117 Å². The van der Waals surface area contributed by atoms with Crippen molar-refractivity contribution in [3.63, 3.8) is 0 Å². The number of hydrogen-bond donors (Lipinski definition) is 0. The first-order valence-electron chi connectivity index (χ1n) is 6.46. The standard InChI is InChI=1S/C16H19BrO/c1-3-16(2)10-6-9-15(18)13(16)11-12-7-4-5-8-14(12)17/h3-5,7-8,13H,1,6,9-11H2,2H3/t13-,16+/m1/s1. The average Bonchev–Trinajstić information content (AvgIpc) is 2.36. The van der Waals surface area contributed by atoms with Gasteiger partial charge >= 0.3 is 0 Å². The minimum absolute atomic E-state index is 0.0510. The van der Waals surface area contributed by atoms with Crippen LogP contribution < -0.4 is 0 Å². The van der Waals surface area contributed by atoms with Crippen molar-refractivity contribution in [3.8, 4) is 0 Å². The Kier molecular flexibility index (Phi) is 4.06. The lowest BCUT2D eigenvalue weighted by Crippen LogP contribution is -2.37. The molecule has 0 aromatic heterocycles. The van der Waals surface area contributed by atoms with E-state index < -0.39 is 0 Å². The van der Waals surface area contributed by atoms with Crippen molar-refractivity contribution in [3.05, 3.63) is 47.0 Å². The van der Waals surface area contributed by atoms with E-state index in [1.807, 2.05) is 24.3 Å². The molecule has 1 saturated carbocycles. The van der Waals surface area contributed by atoms with Crippen LogP contribution in [0.3, 0.4) is 0 Å². The summed E-state index contributed by atoms with van der Waals surface area (Å²) < 4.78 is 1.09. The highest BCUT2D eigenvalue weighted by molar-refractivity contribution is 9.10. The van der Waals surface area contributed by atoms with E-state index in [9.17, 15) is 4.79 Å². The third kappa shape index (κ3) is 2.59. The van der Waals surface area contributed by atoms with Gasteiger partial charge in [0.1, 0.15) is 5.78 Å². The van der Waals surface area contributed by atoms with Crippen LogP contribution in [0.15, 0.2) is 41.4 Å². The van der Waals surface area contributed by atoms with Crippen molar-refractivity contribution in [2.24, 2.45) is 11.3 Å². The lowest BCUT2D eigenvalue weighted by atomic mass is 9.65. The summed E-state index contributed by atoms with van der Waals surface area (Å²) in [6, 6.07) is 8.16. The Bertz CT molecular complexity index is 466. The van der Waals surface area contributed by atoms with E-state index in [4.69, 9.17) is 0 Å². The summed E-state index contributed by atoms with van der Waals surface area (Å²) in [4.78, 5) is 12.2. The van der Waals surface area contributed by atoms with Crippen LogP contribution in [0.5, 0.6) is 0 Å². The minimum Gasteiger partial charge on any atom is -0.299 e. The Morgan fingerprint density at radius 1 is 1.50 bits per heavy atom. The first kappa shape index (κ1) is 13.5. The fraction of sp³-hybridized carbons (Fsp3) is 0.438. The molecule has 96 valence electrons. The molecule has 0 radical (unpaired) electrons. The van der Waals surface area contributed by atoms with Crippen molar-refractivity contribution >= 4 is 21.7 Å². The maximum absolute atomic E-state index is 12.2. The molecular formula is C16H19BrO. The SMILES string of the molecule is C=C[C@@]1(C)CCCC(=O)[C@H]1Cc1ccccc1Br. The smallest absolute Gasteiger partial charge is 0.137 e. The van der Waals surface area contributed by atoms with E-state index in [1.165, 1.54) is 5.56 Å². The van der Waals surface area contributed by atoms with Gasteiger partial charge in [-0.1, -0.05) is 47.1 Å². The second-order valence-corrected chi connectivity index (χ2v) is 6.23. The molecule has 0 spiro atoms. The van der Waals surface area contributed by atoms with Crippen molar-refractivity contribution in [1.29, 1.82) is 0 Å². The maximum Gasteiger partial charge on any atom is 0.137 e. The second-order valence-electron chi connectivity index (χ2n) is 5.38. The van der Waals surface area contributed by atoms with Gasteiger partial charge in [0.15, 0.2) is 0 Å². The van der Waals surface area contributed by atoms with Crippen LogP contribution in [0.25, 0.3) is 0 Å². The second kappa shape index (κ2) is 5.40. The van der Waals surface area contributed by atoms with Crippen LogP contribution in [0.2, 0.25) is 0 Å². The fourth-order valence-corrected chi connectivity index (χ4v) is 3.28. The number of ketones is 1. The molecule has 1 nitrogen and oxygen atoms in total. The summed E-state index contributed by atoms with van der Waals surface area (Å²) >= 11 is 3.57. The van der Waals surface area contributed by atoms with Gasteiger partial charge in [-0.3, -0.25) is 4.79 Å². The van der Waals surface area contributed by atoms with Crippen LogP contribution in [-0.2, 0) is 11.2 Å². The van der Waals surface area contributed by atoms with E-state index in [0.29, 0.717) is 5.78 Å². The van der Waals surface area contributed by atoms with Gasteiger partial charge in [0, 0.05) is 16.8 Å². The number of Topliss-reactive ketones (excluding diaryl/α,β-unsaturated/α-hetero) is 1. The number of carbonyl (C=O) groups is 1. The van der Waals surface area contributed by atoms with Gasteiger partial charge in [-0.25, -0.2) is 0 Å². The molecule has 1 aromatic carbocycles. The molecule has 0 aliphatic heterocycles. The molecule has 0 heterocycles. The number of rotatable bonds is 3. The number of allylic oxidation sites excluding steroid dienone is 1. The molecule has 18 heavy (non-hydrogen) atoms. The summed E-state index contributed by atoms with van der Waals surface area (Å²) in [6.07, 6.45) is 5.57. The zero-order valence-corrected chi connectivity index (χ0v) is 12.4. The van der Waals surface area contributed by atoms with Crippen molar-refractivity contribution in [2.45, 2.75) is 32.6 Å². The van der Waals surface area contributed by atoms with Gasteiger partial charge in [0.05, 0.1) is 0 Å². The van der Waals surface area contributed by atoms with Gasteiger partial charge in [-0.15, -0.1) is 6.58 Å². The van der Waals surface area contributed by atoms with Gasteiger partial charge < -0.3 is 0 Å². The van der Waals surface area contributed by atoms with E-state index in [-0.39, 0.29) is 11.3 Å². The molecule has 0 N–H and O–H groups in total. The van der Waals surface area contributed by atoms with Crippen molar-refractivity contribution < 1.29 is 4.79 Å². The Morgan fingerprint density at radius 3 is 2.89 bits per heavy atom. The van der Waals surface area contributed by atoms with E-state index >= 15 is 0 Å². The maximum atomic E-state index is 12.2. The molecule has 0 saturated heterocycles. The molecule has 2 rings (SSSR count). The van der Waals surface area contributed by atoms with Crippen LogP contribution in [-0.4, -0.2) is 5.78 Å². The minimum atomic E-state index is -0.0510. The normalized spacial score (nSPS) is 28.1. The summed E-state index contributed by atoms with van der Waals surface area (Å²) in [5, 5.41) is 0. The van der Waals surface area contributed by atoms with Gasteiger partial charge in [0.25, 0.3) is 0 Å². The quantitative estimate of drug-likeness (QED) is 0.749. The topological polar surface area (TPSA) is 17.1 Å². The Hall–Kier alpha value is -0.890. The summed E-state index contributed by atoms with van der Waals surface area (Å²) in [5.74, 6) is 0.460. The number of carbonyl (C=O) groups excluding carboxylic acids is 1. The fourth-order valence-electron chi connectivity index (χ4n) is 2.83. The number of benzene rings is 1. The Morgan fingerprint density at radius 2 is 2.22 bits per heavy atom. The molecule has 1 aliphatic rings. The van der Waals surface area contributed by atoms with E-state index in [0.717, 1.165) is 30.2 Å². The highest BCUT2D eigenvalue weighted by atomic mass is 79.9. The highest BCUT2D eigenvalue weighted by Crippen LogP contribution is 2.42. The Balaban J connectivity index is 2.27. The lowest BCUT2D eigenvalue weighted by molar-refractivity contribution is -0.128. The average molecular weight is 307 g/mol. The van der Waals surface area contributed by atoms with Crippen LogP contribution in [0, 0.1) is 11.3 Å². The zero-order valence-electron chi connectivity index (χ0n) is 10.8. The first-order chi connectivity index (χ1) is 8.57. The third-order valence-electron chi connectivity index (χ3n) is 4.17. The molecule has 1 fully saturated rings. The predicted molar refractivity (Wildman–Crippen MR) is 78.5 cm³/mol. The van der Waals surface area contributed by atoms with Crippen molar-refractivity contribution in [1.82, 2.24) is 0 Å². The molecular weight excluding hydrogens is 288 g/mol. The molecule has 0 unspecified atom stereocenters. The molecule has 1 aliphatic carbocycles. The van der Waals surface area contributed by atoms with Crippen molar-refractivity contribution in [2.75, 3.05) is 0 Å². The van der Waals surface area contributed by atoms with Crippen LogP contribution >= 0.6 is 15.9 Å². The molecule has 2 atom stereocenters. The number of hydrogen-bond acceptors (Lipinski definition) is 1. The largest absolute Gasteiger partial charge is 0.299 e. The molecule has 2 heteroatoms. The van der Waals surface area contributed by atoms with Gasteiger partial charge in [-0.05, 0) is 36.3 Å². The van der Waals surface area contributed by atoms with Gasteiger partial charge in [-0.2, -0.15) is 0 Å². The lowest BCUT2D eigenvalue weighted by Gasteiger charge is -2.38. The van der Waals surface area contributed by atoms with Gasteiger partial charge in [0.2, 0.25) is 0 Å². The first-order valence-corrected chi connectivity index (χ1v) is 7.26. The third-order valence-corrected chi connectivity index (χ3v) is 4.95. The van der Waals surface area contributed by atoms with E-state index in [1.54, 1.807) is 0 Å². The molecule has 1 aromatic rings. The summed E-state index contributed by atoms with van der Waals surface area (Å²) in [6.45, 7) is 6.11.